The Hall–Kier alpha value is -1.26. The molecule has 1 fully saturated rings. The standard InChI is InChI=1S/C16H26N2O2/c1-3-19-16-12-14(13-17-2)6-7-15(16)20-11-10-18-8-4-5-9-18/h6-7,12,17H,3-5,8-11,13H2,1-2H3. The van der Waals surface area contributed by atoms with Crippen molar-refractivity contribution in [1.82, 2.24) is 10.2 Å². The number of hydrogen-bond acceptors (Lipinski definition) is 4. The van der Waals surface area contributed by atoms with E-state index in [1.165, 1.54) is 31.5 Å². The Morgan fingerprint density at radius 1 is 1.15 bits per heavy atom. The largest absolute Gasteiger partial charge is 0.490 e. The molecule has 1 aromatic rings. The molecular formula is C16H26N2O2. The summed E-state index contributed by atoms with van der Waals surface area (Å²) in [5.41, 5.74) is 1.21. The van der Waals surface area contributed by atoms with Crippen LogP contribution in [0, 0.1) is 0 Å². The van der Waals surface area contributed by atoms with E-state index in [2.05, 4.69) is 22.3 Å². The summed E-state index contributed by atoms with van der Waals surface area (Å²) in [6.07, 6.45) is 2.64. The second-order valence-electron chi connectivity index (χ2n) is 5.14. The van der Waals surface area contributed by atoms with Gasteiger partial charge in [-0.2, -0.15) is 0 Å². The van der Waals surface area contributed by atoms with Crippen molar-refractivity contribution in [1.29, 1.82) is 0 Å². The van der Waals surface area contributed by atoms with Crippen molar-refractivity contribution in [2.75, 3.05) is 39.9 Å². The highest BCUT2D eigenvalue weighted by Crippen LogP contribution is 2.28. The molecular weight excluding hydrogens is 252 g/mol. The maximum Gasteiger partial charge on any atom is 0.161 e. The van der Waals surface area contributed by atoms with Gasteiger partial charge >= 0.3 is 0 Å². The maximum atomic E-state index is 5.90. The van der Waals surface area contributed by atoms with Crippen LogP contribution in [0.2, 0.25) is 0 Å². The molecule has 1 aromatic carbocycles. The Morgan fingerprint density at radius 2 is 1.95 bits per heavy atom. The lowest BCUT2D eigenvalue weighted by molar-refractivity contribution is 0.226. The molecule has 4 heteroatoms. The lowest BCUT2D eigenvalue weighted by atomic mass is 10.2. The molecule has 1 saturated heterocycles. The van der Waals surface area contributed by atoms with Gasteiger partial charge in [-0.15, -0.1) is 0 Å². The van der Waals surface area contributed by atoms with Crippen LogP contribution in [0.4, 0.5) is 0 Å². The molecule has 0 spiro atoms. The Morgan fingerprint density at radius 3 is 2.65 bits per heavy atom. The minimum atomic E-state index is 0.658. The lowest BCUT2D eigenvalue weighted by Gasteiger charge is -2.17. The fourth-order valence-corrected chi connectivity index (χ4v) is 2.55. The molecule has 1 aliphatic heterocycles. The molecule has 1 aliphatic rings. The van der Waals surface area contributed by atoms with Crippen molar-refractivity contribution in [2.45, 2.75) is 26.3 Å². The number of benzene rings is 1. The highest BCUT2D eigenvalue weighted by atomic mass is 16.5. The van der Waals surface area contributed by atoms with E-state index in [1.807, 2.05) is 20.0 Å². The molecule has 1 heterocycles. The summed E-state index contributed by atoms with van der Waals surface area (Å²) in [5.74, 6) is 1.70. The summed E-state index contributed by atoms with van der Waals surface area (Å²) in [6, 6.07) is 6.16. The second-order valence-corrected chi connectivity index (χ2v) is 5.14. The number of rotatable bonds is 8. The van der Waals surface area contributed by atoms with Gasteiger partial charge in [0.15, 0.2) is 11.5 Å². The highest BCUT2D eigenvalue weighted by molar-refractivity contribution is 5.43. The molecule has 0 amide bonds. The highest BCUT2D eigenvalue weighted by Gasteiger charge is 2.12. The van der Waals surface area contributed by atoms with Gasteiger partial charge in [0.05, 0.1) is 6.61 Å². The lowest BCUT2D eigenvalue weighted by Crippen LogP contribution is -2.25. The SMILES string of the molecule is CCOc1cc(CNC)ccc1OCCN1CCCC1. The molecule has 0 saturated carbocycles. The Kier molecular flexibility index (Phi) is 6.15. The minimum absolute atomic E-state index is 0.658. The van der Waals surface area contributed by atoms with E-state index in [0.29, 0.717) is 6.61 Å². The third-order valence-electron chi connectivity index (χ3n) is 3.55. The summed E-state index contributed by atoms with van der Waals surface area (Å²) in [7, 11) is 1.95. The van der Waals surface area contributed by atoms with E-state index in [4.69, 9.17) is 9.47 Å². The van der Waals surface area contributed by atoms with Crippen molar-refractivity contribution in [3.05, 3.63) is 23.8 Å². The number of likely N-dealkylation sites (tertiary alicyclic amines) is 1. The average molecular weight is 278 g/mol. The van der Waals surface area contributed by atoms with Gasteiger partial charge in [0.1, 0.15) is 6.61 Å². The van der Waals surface area contributed by atoms with Gasteiger partial charge in [-0.05, 0) is 57.6 Å². The number of ether oxygens (including phenoxy) is 2. The van der Waals surface area contributed by atoms with Crippen LogP contribution in [-0.2, 0) is 6.54 Å². The third-order valence-corrected chi connectivity index (χ3v) is 3.55. The van der Waals surface area contributed by atoms with Crippen molar-refractivity contribution in [3.8, 4) is 11.5 Å². The first-order chi connectivity index (χ1) is 9.83. The Balaban J connectivity index is 1.90. The topological polar surface area (TPSA) is 33.7 Å². The molecule has 4 nitrogen and oxygen atoms in total. The molecule has 0 aromatic heterocycles. The maximum absolute atomic E-state index is 5.90. The van der Waals surface area contributed by atoms with Crippen molar-refractivity contribution in [3.63, 3.8) is 0 Å². The number of hydrogen-bond donors (Lipinski definition) is 1. The monoisotopic (exact) mass is 278 g/mol. The van der Waals surface area contributed by atoms with Gasteiger partial charge in [0, 0.05) is 13.1 Å². The van der Waals surface area contributed by atoms with E-state index >= 15 is 0 Å². The van der Waals surface area contributed by atoms with Crippen LogP contribution in [0.25, 0.3) is 0 Å². The fraction of sp³-hybridized carbons (Fsp3) is 0.625. The van der Waals surface area contributed by atoms with Crippen LogP contribution >= 0.6 is 0 Å². The quantitative estimate of drug-likeness (QED) is 0.791. The van der Waals surface area contributed by atoms with Gasteiger partial charge in [-0.3, -0.25) is 4.90 Å². The summed E-state index contributed by atoms with van der Waals surface area (Å²) >= 11 is 0. The third kappa shape index (κ3) is 4.39. The molecule has 2 rings (SSSR count). The van der Waals surface area contributed by atoms with Crippen molar-refractivity contribution in [2.24, 2.45) is 0 Å². The van der Waals surface area contributed by atoms with Crippen LogP contribution in [-0.4, -0.2) is 44.8 Å². The summed E-state index contributed by atoms with van der Waals surface area (Å²) < 4.78 is 11.6. The van der Waals surface area contributed by atoms with Crippen molar-refractivity contribution < 1.29 is 9.47 Å². The second kappa shape index (κ2) is 8.12. The van der Waals surface area contributed by atoms with Crippen LogP contribution in [0.1, 0.15) is 25.3 Å². The average Bonchev–Trinajstić information content (AvgIpc) is 2.95. The van der Waals surface area contributed by atoms with Gasteiger partial charge in [-0.1, -0.05) is 6.07 Å². The predicted octanol–water partition coefficient (Wildman–Crippen LogP) is 2.28. The molecule has 1 N–H and O–H groups in total. The molecule has 0 aliphatic carbocycles. The first-order valence-corrected chi connectivity index (χ1v) is 7.59. The van der Waals surface area contributed by atoms with Gasteiger partial charge in [0.2, 0.25) is 0 Å². The zero-order valence-electron chi connectivity index (χ0n) is 12.7. The first kappa shape index (κ1) is 15.1. The molecule has 0 atom stereocenters. The summed E-state index contributed by atoms with van der Waals surface area (Å²) in [5, 5.41) is 3.15. The summed E-state index contributed by atoms with van der Waals surface area (Å²) in [4.78, 5) is 2.45. The molecule has 0 bridgehead atoms. The van der Waals surface area contributed by atoms with Crippen LogP contribution < -0.4 is 14.8 Å². The van der Waals surface area contributed by atoms with Crippen molar-refractivity contribution >= 4 is 0 Å². The molecule has 0 unspecified atom stereocenters. The van der Waals surface area contributed by atoms with Crippen LogP contribution in [0.15, 0.2) is 18.2 Å². The molecule has 112 valence electrons. The van der Waals surface area contributed by atoms with Crippen LogP contribution in [0.5, 0.6) is 11.5 Å². The zero-order chi connectivity index (χ0) is 14.2. The summed E-state index contributed by atoms with van der Waals surface area (Å²) in [6.45, 7) is 7.65. The smallest absolute Gasteiger partial charge is 0.161 e. The molecule has 0 radical (unpaired) electrons. The van der Waals surface area contributed by atoms with E-state index < -0.39 is 0 Å². The van der Waals surface area contributed by atoms with Crippen LogP contribution in [0.3, 0.4) is 0 Å². The minimum Gasteiger partial charge on any atom is -0.490 e. The van der Waals surface area contributed by atoms with Gasteiger partial charge in [-0.25, -0.2) is 0 Å². The van der Waals surface area contributed by atoms with Gasteiger partial charge < -0.3 is 14.8 Å². The Bertz CT molecular complexity index is 403. The number of nitrogens with zero attached hydrogens (tertiary/aromatic N) is 1. The normalized spacial score (nSPS) is 15.5. The zero-order valence-corrected chi connectivity index (χ0v) is 12.7. The van der Waals surface area contributed by atoms with E-state index in [-0.39, 0.29) is 0 Å². The van der Waals surface area contributed by atoms with E-state index in [9.17, 15) is 0 Å². The number of nitrogens with one attached hydrogen (secondary N) is 1. The fourth-order valence-electron chi connectivity index (χ4n) is 2.55. The Labute approximate surface area is 122 Å². The van der Waals surface area contributed by atoms with E-state index in [1.54, 1.807) is 0 Å². The molecule has 20 heavy (non-hydrogen) atoms. The predicted molar refractivity (Wildman–Crippen MR) is 81.5 cm³/mol. The van der Waals surface area contributed by atoms with E-state index in [0.717, 1.165) is 31.2 Å². The van der Waals surface area contributed by atoms with Gasteiger partial charge in [0.25, 0.3) is 0 Å². The first-order valence-electron chi connectivity index (χ1n) is 7.59.